The van der Waals surface area contributed by atoms with Crippen molar-refractivity contribution in [3.05, 3.63) is 23.9 Å². The largest absolute Gasteiger partial charge is 0.381 e. The van der Waals surface area contributed by atoms with Gasteiger partial charge in [-0.05, 0) is 31.7 Å². The fourth-order valence-electron chi connectivity index (χ4n) is 4.85. The maximum atomic E-state index is 11.7. The molecule has 0 radical (unpaired) electrons. The Labute approximate surface area is 195 Å². The van der Waals surface area contributed by atoms with Crippen molar-refractivity contribution in [1.82, 2.24) is 15.2 Å². The predicted molar refractivity (Wildman–Crippen MR) is 128 cm³/mol. The number of ether oxygens (including phenoxy) is 1. The monoisotopic (exact) mass is 528 g/mol. The molecule has 9 heteroatoms. The number of rotatable bonds is 4. The average molecular weight is 528 g/mol. The van der Waals surface area contributed by atoms with E-state index in [1.54, 1.807) is 0 Å². The van der Waals surface area contributed by atoms with Crippen LogP contribution in [0.5, 0.6) is 0 Å². The van der Waals surface area contributed by atoms with Crippen LogP contribution in [0.15, 0.2) is 23.3 Å². The number of hydrogen-bond donors (Lipinski definition) is 2. The van der Waals surface area contributed by atoms with E-state index in [9.17, 15) is 4.79 Å². The van der Waals surface area contributed by atoms with Crippen molar-refractivity contribution in [1.29, 1.82) is 0 Å². The molecule has 0 aromatic carbocycles. The number of guanidine groups is 1. The summed E-state index contributed by atoms with van der Waals surface area (Å²) in [7, 11) is 1.84. The van der Waals surface area contributed by atoms with Gasteiger partial charge in [0.1, 0.15) is 5.82 Å². The van der Waals surface area contributed by atoms with Gasteiger partial charge in [0.2, 0.25) is 5.91 Å². The molecular formula is C21H33IN6O2. The fourth-order valence-corrected chi connectivity index (χ4v) is 4.85. The van der Waals surface area contributed by atoms with Crippen molar-refractivity contribution in [3.63, 3.8) is 0 Å². The van der Waals surface area contributed by atoms with Gasteiger partial charge in [-0.15, -0.1) is 24.0 Å². The van der Waals surface area contributed by atoms with Crippen LogP contribution in [0.3, 0.4) is 0 Å². The molecule has 0 saturated carbocycles. The number of amides is 1. The summed E-state index contributed by atoms with van der Waals surface area (Å²) >= 11 is 0. The lowest BCUT2D eigenvalue weighted by molar-refractivity contribution is -0.122. The highest BCUT2D eigenvalue weighted by molar-refractivity contribution is 14.0. The van der Waals surface area contributed by atoms with E-state index >= 15 is 0 Å². The number of nitrogens with two attached hydrogens (primary N) is 1. The average Bonchev–Trinajstić information content (AvgIpc) is 3.39. The van der Waals surface area contributed by atoms with E-state index in [0.29, 0.717) is 18.5 Å². The summed E-state index contributed by atoms with van der Waals surface area (Å²) < 4.78 is 5.65. The SMILES string of the molecule is CN=C(NCc1cccnc1N1CCCC(C(N)=O)C1)N1CCC2(CCOC2)C1.I. The maximum Gasteiger partial charge on any atom is 0.222 e. The molecule has 1 aromatic heterocycles. The highest BCUT2D eigenvalue weighted by atomic mass is 127. The van der Waals surface area contributed by atoms with Crippen molar-refractivity contribution >= 4 is 41.7 Å². The number of likely N-dealkylation sites (tertiary alicyclic amines) is 1. The second-order valence-electron chi connectivity index (χ2n) is 8.55. The Hall–Kier alpha value is -1.62. The van der Waals surface area contributed by atoms with Crippen molar-refractivity contribution in [2.24, 2.45) is 22.1 Å². The van der Waals surface area contributed by atoms with Gasteiger partial charge in [-0.3, -0.25) is 9.79 Å². The van der Waals surface area contributed by atoms with Gasteiger partial charge in [-0.25, -0.2) is 4.98 Å². The first-order valence-corrected chi connectivity index (χ1v) is 10.6. The number of anilines is 1. The summed E-state index contributed by atoms with van der Waals surface area (Å²) in [6, 6.07) is 4.05. The number of nitrogens with zero attached hydrogens (tertiary/aromatic N) is 4. The molecule has 3 aliphatic heterocycles. The molecule has 1 spiro atoms. The minimum atomic E-state index is -0.218. The van der Waals surface area contributed by atoms with Crippen LogP contribution in [-0.2, 0) is 16.1 Å². The van der Waals surface area contributed by atoms with Crippen molar-refractivity contribution in [2.75, 3.05) is 51.3 Å². The van der Waals surface area contributed by atoms with E-state index in [2.05, 4.69) is 31.2 Å². The lowest BCUT2D eigenvalue weighted by Gasteiger charge is -2.33. The van der Waals surface area contributed by atoms with Crippen LogP contribution in [-0.4, -0.2) is 68.2 Å². The smallest absolute Gasteiger partial charge is 0.222 e. The van der Waals surface area contributed by atoms with Crippen molar-refractivity contribution in [3.8, 4) is 0 Å². The van der Waals surface area contributed by atoms with Crippen LogP contribution >= 0.6 is 24.0 Å². The molecule has 1 amide bonds. The molecule has 2 unspecified atom stereocenters. The number of nitrogens with one attached hydrogen (secondary N) is 1. The molecule has 0 bridgehead atoms. The van der Waals surface area contributed by atoms with Crippen LogP contribution in [0, 0.1) is 11.3 Å². The standard InChI is InChI=1S/C21H32N6O2.HI/c1-23-20(27-10-6-21(14-27)7-11-29-15-21)25-12-16-4-2-8-24-19(16)26-9-3-5-17(13-26)18(22)28;/h2,4,8,17H,3,5-7,9-15H2,1H3,(H2,22,28)(H,23,25);1H. The molecule has 2 atom stereocenters. The van der Waals surface area contributed by atoms with Crippen LogP contribution < -0.4 is 16.0 Å². The predicted octanol–water partition coefficient (Wildman–Crippen LogP) is 1.59. The van der Waals surface area contributed by atoms with Crippen LogP contribution in [0.2, 0.25) is 0 Å². The first kappa shape index (κ1) is 23.1. The number of primary amides is 1. The van der Waals surface area contributed by atoms with Crippen LogP contribution in [0.4, 0.5) is 5.82 Å². The molecule has 3 N–H and O–H groups in total. The number of hydrogen-bond acceptors (Lipinski definition) is 5. The van der Waals surface area contributed by atoms with E-state index in [1.165, 1.54) is 0 Å². The minimum Gasteiger partial charge on any atom is -0.381 e. The molecule has 3 fully saturated rings. The van der Waals surface area contributed by atoms with Gasteiger partial charge in [-0.2, -0.15) is 0 Å². The van der Waals surface area contributed by atoms with Gasteiger partial charge in [0, 0.05) is 63.6 Å². The first-order valence-electron chi connectivity index (χ1n) is 10.6. The number of carbonyl (C=O) groups is 1. The Morgan fingerprint density at radius 1 is 1.43 bits per heavy atom. The van der Waals surface area contributed by atoms with Gasteiger partial charge in [0.05, 0.1) is 12.5 Å². The third-order valence-electron chi connectivity index (χ3n) is 6.56. The molecular weight excluding hydrogens is 495 g/mol. The van der Waals surface area contributed by atoms with E-state index in [1.807, 2.05) is 19.3 Å². The van der Waals surface area contributed by atoms with E-state index in [0.717, 1.165) is 75.9 Å². The topological polar surface area (TPSA) is 96.1 Å². The Balaban J connectivity index is 0.00000256. The number of aliphatic imine (C=N–C) groups is 1. The molecule has 4 heterocycles. The second kappa shape index (κ2) is 10.1. The summed E-state index contributed by atoms with van der Waals surface area (Å²) in [5, 5.41) is 3.52. The highest BCUT2D eigenvalue weighted by Gasteiger charge is 2.42. The third kappa shape index (κ3) is 4.99. The molecule has 30 heavy (non-hydrogen) atoms. The quantitative estimate of drug-likeness (QED) is 0.350. The van der Waals surface area contributed by atoms with E-state index in [-0.39, 0.29) is 35.8 Å². The Bertz CT molecular complexity index is 768. The lowest BCUT2D eigenvalue weighted by Crippen LogP contribution is -2.43. The molecule has 166 valence electrons. The molecule has 3 aliphatic rings. The third-order valence-corrected chi connectivity index (χ3v) is 6.56. The zero-order valence-electron chi connectivity index (χ0n) is 17.7. The molecule has 8 nitrogen and oxygen atoms in total. The normalized spacial score (nSPS) is 26.7. The number of piperidine rings is 1. The van der Waals surface area contributed by atoms with Gasteiger partial charge in [0.15, 0.2) is 5.96 Å². The van der Waals surface area contributed by atoms with Crippen molar-refractivity contribution in [2.45, 2.75) is 32.2 Å². The molecule has 3 saturated heterocycles. The van der Waals surface area contributed by atoms with Gasteiger partial charge in [-0.1, -0.05) is 6.07 Å². The number of halogens is 1. The summed E-state index contributed by atoms with van der Waals surface area (Å²) in [4.78, 5) is 25.3. The Kier molecular flexibility index (Phi) is 7.78. The summed E-state index contributed by atoms with van der Waals surface area (Å²) in [5.74, 6) is 1.54. The minimum absolute atomic E-state index is 0. The van der Waals surface area contributed by atoms with Crippen LogP contribution in [0.1, 0.15) is 31.2 Å². The van der Waals surface area contributed by atoms with E-state index < -0.39 is 0 Å². The van der Waals surface area contributed by atoms with Gasteiger partial charge in [0.25, 0.3) is 0 Å². The number of carbonyl (C=O) groups excluding carboxylic acids is 1. The Morgan fingerprint density at radius 2 is 2.30 bits per heavy atom. The van der Waals surface area contributed by atoms with Crippen molar-refractivity contribution < 1.29 is 9.53 Å². The zero-order chi connectivity index (χ0) is 20.3. The first-order chi connectivity index (χ1) is 14.1. The summed E-state index contributed by atoms with van der Waals surface area (Å²) in [6.07, 6.45) is 5.93. The van der Waals surface area contributed by atoms with E-state index in [4.69, 9.17) is 10.5 Å². The lowest BCUT2D eigenvalue weighted by atomic mass is 9.87. The molecule has 1 aromatic rings. The number of pyridine rings is 1. The Morgan fingerprint density at radius 3 is 3.03 bits per heavy atom. The molecule has 4 rings (SSSR count). The second-order valence-corrected chi connectivity index (χ2v) is 8.55. The highest BCUT2D eigenvalue weighted by Crippen LogP contribution is 2.38. The van der Waals surface area contributed by atoms with Gasteiger partial charge >= 0.3 is 0 Å². The van der Waals surface area contributed by atoms with Crippen LogP contribution in [0.25, 0.3) is 0 Å². The van der Waals surface area contributed by atoms with Gasteiger partial charge < -0.3 is 25.6 Å². The summed E-state index contributed by atoms with van der Waals surface area (Å²) in [5.41, 5.74) is 6.96. The zero-order valence-corrected chi connectivity index (χ0v) is 20.0. The maximum absolute atomic E-state index is 11.7. The molecule has 0 aliphatic carbocycles. The summed E-state index contributed by atoms with van der Waals surface area (Å²) in [6.45, 7) is 5.94. The number of aromatic nitrogens is 1. The fraction of sp³-hybridized carbons (Fsp3) is 0.667.